The van der Waals surface area contributed by atoms with Gasteiger partial charge in [0.05, 0.1) is 27.4 Å². The number of carbonyl (C=O) groups is 1. The van der Waals surface area contributed by atoms with Gasteiger partial charge in [-0.1, -0.05) is 35.6 Å². The second-order valence-electron chi connectivity index (χ2n) is 6.45. The molecule has 0 atom stereocenters. The van der Waals surface area contributed by atoms with Crippen molar-refractivity contribution in [1.82, 2.24) is 14.5 Å². The van der Waals surface area contributed by atoms with Gasteiger partial charge in [0, 0.05) is 13.0 Å². The first-order valence-corrected chi connectivity index (χ1v) is 9.45. The molecule has 2 heterocycles. The highest BCUT2D eigenvalue weighted by Gasteiger charge is 2.11. The Morgan fingerprint density at radius 3 is 2.63 bits per heavy atom. The van der Waals surface area contributed by atoms with Gasteiger partial charge in [0.15, 0.2) is 5.13 Å². The summed E-state index contributed by atoms with van der Waals surface area (Å²) in [6.45, 7) is 4.19. The zero-order valence-corrected chi connectivity index (χ0v) is 15.8. The number of para-hydroxylation sites is 2. The largest absolute Gasteiger partial charge is 0.302 e. The molecule has 0 spiro atoms. The van der Waals surface area contributed by atoms with Gasteiger partial charge in [-0.05, 0) is 37.1 Å². The van der Waals surface area contributed by atoms with Gasteiger partial charge in [-0.25, -0.2) is 9.97 Å². The second kappa shape index (κ2) is 6.92. The van der Waals surface area contributed by atoms with E-state index in [2.05, 4.69) is 15.3 Å². The predicted octanol–water partition coefficient (Wildman–Crippen LogP) is 3.65. The zero-order chi connectivity index (χ0) is 19.0. The Labute approximate surface area is 159 Å². The van der Waals surface area contributed by atoms with Gasteiger partial charge in [-0.3, -0.25) is 14.2 Å². The Morgan fingerprint density at radius 2 is 1.85 bits per heavy atom. The summed E-state index contributed by atoms with van der Waals surface area (Å²) in [5.41, 5.74) is 3.51. The van der Waals surface area contributed by atoms with Gasteiger partial charge < -0.3 is 5.32 Å². The number of hydrogen-bond donors (Lipinski definition) is 1. The van der Waals surface area contributed by atoms with Crippen molar-refractivity contribution in [3.8, 4) is 0 Å². The molecule has 0 aliphatic carbocycles. The monoisotopic (exact) mass is 378 g/mol. The summed E-state index contributed by atoms with van der Waals surface area (Å²) >= 11 is 1.44. The van der Waals surface area contributed by atoms with Gasteiger partial charge >= 0.3 is 0 Å². The van der Waals surface area contributed by atoms with E-state index in [0.717, 1.165) is 21.3 Å². The van der Waals surface area contributed by atoms with Crippen LogP contribution in [0.1, 0.15) is 17.5 Å². The van der Waals surface area contributed by atoms with E-state index in [9.17, 15) is 9.59 Å². The maximum Gasteiger partial charge on any atom is 0.261 e. The highest BCUT2D eigenvalue weighted by Crippen LogP contribution is 2.27. The quantitative estimate of drug-likeness (QED) is 0.588. The van der Waals surface area contributed by atoms with E-state index in [1.54, 1.807) is 6.07 Å². The number of rotatable bonds is 4. The Balaban J connectivity index is 1.49. The highest BCUT2D eigenvalue weighted by molar-refractivity contribution is 7.22. The zero-order valence-electron chi connectivity index (χ0n) is 15.0. The predicted molar refractivity (Wildman–Crippen MR) is 108 cm³/mol. The van der Waals surface area contributed by atoms with Crippen molar-refractivity contribution >= 4 is 43.5 Å². The first-order valence-electron chi connectivity index (χ1n) is 8.64. The summed E-state index contributed by atoms with van der Waals surface area (Å²) in [6, 6.07) is 11.5. The van der Waals surface area contributed by atoms with Crippen LogP contribution >= 0.6 is 11.3 Å². The van der Waals surface area contributed by atoms with Crippen LogP contribution in [0.3, 0.4) is 0 Å². The maximum absolute atomic E-state index is 12.6. The Morgan fingerprint density at radius 1 is 1.11 bits per heavy atom. The van der Waals surface area contributed by atoms with Crippen molar-refractivity contribution in [3.05, 3.63) is 64.2 Å². The van der Waals surface area contributed by atoms with Crippen LogP contribution in [0.2, 0.25) is 0 Å². The molecule has 0 unspecified atom stereocenters. The SMILES string of the molecule is Cc1cccc2sc(NC(=O)CCn3cnc4c(C)cccc4c3=O)nc12. The number of aromatic nitrogens is 3. The van der Waals surface area contributed by atoms with Gasteiger partial charge in [-0.15, -0.1) is 0 Å². The number of hydrogen-bond acceptors (Lipinski definition) is 5. The third-order valence-corrected chi connectivity index (χ3v) is 5.44. The molecule has 27 heavy (non-hydrogen) atoms. The molecule has 0 saturated carbocycles. The molecule has 0 fully saturated rings. The van der Waals surface area contributed by atoms with Crippen LogP contribution in [0.5, 0.6) is 0 Å². The van der Waals surface area contributed by atoms with E-state index in [-0.39, 0.29) is 24.4 Å². The van der Waals surface area contributed by atoms with Crippen LogP contribution in [-0.4, -0.2) is 20.4 Å². The van der Waals surface area contributed by atoms with Crippen molar-refractivity contribution in [2.75, 3.05) is 5.32 Å². The fraction of sp³-hybridized carbons (Fsp3) is 0.200. The smallest absolute Gasteiger partial charge is 0.261 e. The van der Waals surface area contributed by atoms with E-state index >= 15 is 0 Å². The molecule has 7 heteroatoms. The van der Waals surface area contributed by atoms with Crippen LogP contribution in [0, 0.1) is 13.8 Å². The van der Waals surface area contributed by atoms with E-state index in [4.69, 9.17) is 0 Å². The van der Waals surface area contributed by atoms with E-state index < -0.39 is 0 Å². The number of thiazole rings is 1. The van der Waals surface area contributed by atoms with E-state index in [1.807, 2.05) is 44.2 Å². The highest BCUT2D eigenvalue weighted by atomic mass is 32.1. The van der Waals surface area contributed by atoms with Gasteiger partial charge in [0.25, 0.3) is 5.56 Å². The molecule has 0 bridgehead atoms. The standard InChI is InChI=1S/C20H18N4O2S/c1-12-5-3-7-14-17(12)21-11-24(19(14)26)10-9-16(25)22-20-23-18-13(2)6-4-8-15(18)27-20/h3-8,11H,9-10H2,1-2H3,(H,22,23,25). The number of nitrogens with one attached hydrogen (secondary N) is 1. The molecule has 2 aromatic heterocycles. The van der Waals surface area contributed by atoms with Crippen LogP contribution in [0.15, 0.2) is 47.5 Å². The lowest BCUT2D eigenvalue weighted by Crippen LogP contribution is -2.23. The normalized spacial score (nSPS) is 11.2. The van der Waals surface area contributed by atoms with Crippen molar-refractivity contribution in [1.29, 1.82) is 0 Å². The van der Waals surface area contributed by atoms with Gasteiger partial charge in [-0.2, -0.15) is 0 Å². The molecular formula is C20H18N4O2S. The molecular weight excluding hydrogens is 360 g/mol. The first-order chi connectivity index (χ1) is 13.0. The number of aryl methyl sites for hydroxylation is 3. The Kier molecular flexibility index (Phi) is 4.45. The van der Waals surface area contributed by atoms with Crippen molar-refractivity contribution in [2.45, 2.75) is 26.8 Å². The number of fused-ring (bicyclic) bond motifs is 2. The summed E-state index contributed by atoms with van der Waals surface area (Å²) in [7, 11) is 0. The van der Waals surface area contributed by atoms with Gasteiger partial charge in [0.1, 0.15) is 0 Å². The molecule has 4 rings (SSSR count). The number of benzene rings is 2. The molecule has 4 aromatic rings. The number of amides is 1. The third-order valence-electron chi connectivity index (χ3n) is 4.50. The fourth-order valence-corrected chi connectivity index (χ4v) is 4.00. The van der Waals surface area contributed by atoms with Crippen molar-refractivity contribution in [3.63, 3.8) is 0 Å². The molecule has 0 radical (unpaired) electrons. The molecule has 0 aliphatic rings. The Hall–Kier alpha value is -3.06. The van der Waals surface area contributed by atoms with E-state index in [1.165, 1.54) is 22.2 Å². The minimum Gasteiger partial charge on any atom is -0.302 e. The van der Waals surface area contributed by atoms with Gasteiger partial charge in [0.2, 0.25) is 5.91 Å². The van der Waals surface area contributed by atoms with Crippen LogP contribution in [-0.2, 0) is 11.3 Å². The second-order valence-corrected chi connectivity index (χ2v) is 7.48. The molecule has 2 aromatic carbocycles. The summed E-state index contributed by atoms with van der Waals surface area (Å²) < 4.78 is 2.51. The van der Waals surface area contributed by atoms with E-state index in [0.29, 0.717) is 16.0 Å². The minimum atomic E-state index is -0.178. The summed E-state index contributed by atoms with van der Waals surface area (Å²) in [5.74, 6) is -0.178. The lowest BCUT2D eigenvalue weighted by atomic mass is 10.1. The molecule has 0 saturated heterocycles. The fourth-order valence-electron chi connectivity index (χ4n) is 3.04. The Bertz CT molecular complexity index is 1230. The van der Waals surface area contributed by atoms with Crippen LogP contribution < -0.4 is 10.9 Å². The maximum atomic E-state index is 12.6. The molecule has 0 aliphatic heterocycles. The average Bonchev–Trinajstić information content (AvgIpc) is 3.06. The van der Waals surface area contributed by atoms with Crippen LogP contribution in [0.4, 0.5) is 5.13 Å². The molecule has 6 nitrogen and oxygen atoms in total. The summed E-state index contributed by atoms with van der Waals surface area (Å²) in [6.07, 6.45) is 1.68. The first kappa shape index (κ1) is 17.4. The minimum absolute atomic E-state index is 0.132. The third kappa shape index (κ3) is 3.33. The summed E-state index contributed by atoms with van der Waals surface area (Å²) in [5, 5.41) is 3.97. The lowest BCUT2D eigenvalue weighted by molar-refractivity contribution is -0.116. The molecule has 1 N–H and O–H groups in total. The lowest BCUT2D eigenvalue weighted by Gasteiger charge is -2.07. The van der Waals surface area contributed by atoms with Crippen molar-refractivity contribution in [2.24, 2.45) is 0 Å². The van der Waals surface area contributed by atoms with Crippen molar-refractivity contribution < 1.29 is 4.79 Å². The van der Waals surface area contributed by atoms with Crippen LogP contribution in [0.25, 0.3) is 21.1 Å². The summed E-state index contributed by atoms with van der Waals surface area (Å²) in [4.78, 5) is 33.7. The number of anilines is 1. The average molecular weight is 378 g/mol. The molecule has 136 valence electrons. The number of nitrogens with zero attached hydrogens (tertiary/aromatic N) is 3. The topological polar surface area (TPSA) is 76.9 Å². The molecule has 1 amide bonds. The number of carbonyl (C=O) groups excluding carboxylic acids is 1.